The molecule has 3 N–H and O–H groups in total. The Kier molecular flexibility index (Phi) is 8.17. The number of halogens is 2. The SMILES string of the molecule is Cl.O=C(O)OCC(Nc1ccccc1)NS(=O)(=O)c1ccccc1Br. The van der Waals surface area contributed by atoms with Gasteiger partial charge in [0, 0.05) is 10.2 Å². The van der Waals surface area contributed by atoms with Crippen LogP contribution in [0.2, 0.25) is 0 Å². The number of carboxylic acid groups (broad SMARTS) is 1. The molecule has 2 aromatic rings. The normalized spacial score (nSPS) is 11.9. The van der Waals surface area contributed by atoms with Gasteiger partial charge in [-0.1, -0.05) is 30.3 Å². The van der Waals surface area contributed by atoms with E-state index >= 15 is 0 Å². The molecule has 0 saturated carbocycles. The summed E-state index contributed by atoms with van der Waals surface area (Å²) in [5.41, 5.74) is 0.617. The van der Waals surface area contributed by atoms with Crippen molar-refractivity contribution in [2.45, 2.75) is 11.1 Å². The van der Waals surface area contributed by atoms with Gasteiger partial charge in [0.05, 0.1) is 4.90 Å². The van der Waals surface area contributed by atoms with Crippen molar-refractivity contribution in [1.82, 2.24) is 4.72 Å². The van der Waals surface area contributed by atoms with E-state index in [1.54, 1.807) is 48.5 Å². The summed E-state index contributed by atoms with van der Waals surface area (Å²) in [7, 11) is -3.89. The lowest BCUT2D eigenvalue weighted by Gasteiger charge is -2.21. The lowest BCUT2D eigenvalue weighted by Crippen LogP contribution is -2.44. The molecule has 0 aliphatic heterocycles. The summed E-state index contributed by atoms with van der Waals surface area (Å²) >= 11 is 3.19. The predicted octanol–water partition coefficient (Wildman–Crippen LogP) is 3.28. The number of benzene rings is 2. The second-order valence-corrected chi connectivity index (χ2v) is 7.23. The number of nitrogens with one attached hydrogen (secondary N) is 2. The van der Waals surface area contributed by atoms with Crippen LogP contribution in [0.25, 0.3) is 0 Å². The first-order valence-electron chi connectivity index (χ1n) is 6.82. The van der Waals surface area contributed by atoms with Crippen molar-refractivity contribution in [3.05, 3.63) is 59.1 Å². The molecule has 1 atom stereocenters. The van der Waals surface area contributed by atoms with Gasteiger partial charge in [-0.15, -0.1) is 12.4 Å². The van der Waals surface area contributed by atoms with Crippen LogP contribution in [-0.2, 0) is 14.8 Å². The number of para-hydroxylation sites is 1. The maximum atomic E-state index is 12.5. The summed E-state index contributed by atoms with van der Waals surface area (Å²) in [4.78, 5) is 10.7. The van der Waals surface area contributed by atoms with Crippen molar-refractivity contribution in [2.24, 2.45) is 0 Å². The fourth-order valence-corrected chi connectivity index (χ4v) is 4.04. The second-order valence-electron chi connectivity index (χ2n) is 4.69. The van der Waals surface area contributed by atoms with E-state index in [4.69, 9.17) is 5.11 Å². The molecule has 0 bridgehead atoms. The van der Waals surface area contributed by atoms with E-state index in [9.17, 15) is 13.2 Å². The fraction of sp³-hybridized carbons (Fsp3) is 0.133. The third-order valence-electron chi connectivity index (χ3n) is 2.91. The van der Waals surface area contributed by atoms with Crippen molar-refractivity contribution in [2.75, 3.05) is 11.9 Å². The van der Waals surface area contributed by atoms with Crippen LogP contribution in [0, 0.1) is 0 Å². The lowest BCUT2D eigenvalue weighted by molar-refractivity contribution is 0.0870. The van der Waals surface area contributed by atoms with Gasteiger partial charge in [-0.05, 0) is 40.2 Å². The maximum Gasteiger partial charge on any atom is 0.505 e. The quantitative estimate of drug-likeness (QED) is 0.441. The smallest absolute Gasteiger partial charge is 0.450 e. The van der Waals surface area contributed by atoms with Crippen LogP contribution >= 0.6 is 28.3 Å². The molecule has 1 unspecified atom stereocenters. The molecule has 0 spiro atoms. The number of hydrogen-bond acceptors (Lipinski definition) is 5. The Morgan fingerprint density at radius 3 is 2.32 bits per heavy atom. The average Bonchev–Trinajstić information content (AvgIpc) is 2.53. The standard InChI is InChI=1S/C15H15BrN2O5S.ClH/c16-12-8-4-5-9-13(12)24(21,22)18-14(10-23-15(19)20)17-11-6-2-1-3-7-11;/h1-9,14,17-18H,10H2,(H,19,20);1H. The lowest BCUT2D eigenvalue weighted by atomic mass is 10.3. The first-order valence-corrected chi connectivity index (χ1v) is 9.10. The molecule has 0 saturated heterocycles. The van der Waals surface area contributed by atoms with E-state index in [-0.39, 0.29) is 17.3 Å². The predicted molar refractivity (Wildman–Crippen MR) is 99.5 cm³/mol. The minimum absolute atomic E-state index is 0. The van der Waals surface area contributed by atoms with Crippen LogP contribution in [0.15, 0.2) is 64.0 Å². The van der Waals surface area contributed by atoms with Gasteiger partial charge >= 0.3 is 6.16 Å². The van der Waals surface area contributed by atoms with E-state index in [1.807, 2.05) is 0 Å². The Hall–Kier alpha value is -1.81. The first-order chi connectivity index (χ1) is 11.4. The van der Waals surface area contributed by atoms with Gasteiger partial charge < -0.3 is 15.2 Å². The number of sulfonamides is 1. The Morgan fingerprint density at radius 1 is 1.12 bits per heavy atom. The molecular weight excluding hydrogens is 436 g/mol. The molecule has 136 valence electrons. The van der Waals surface area contributed by atoms with E-state index in [2.05, 4.69) is 30.7 Å². The number of anilines is 1. The molecule has 25 heavy (non-hydrogen) atoms. The molecule has 0 aromatic heterocycles. The highest BCUT2D eigenvalue weighted by Gasteiger charge is 2.23. The Bertz CT molecular complexity index is 805. The third kappa shape index (κ3) is 6.54. The molecule has 0 radical (unpaired) electrons. The second kappa shape index (κ2) is 9.62. The average molecular weight is 452 g/mol. The third-order valence-corrected chi connectivity index (χ3v) is 5.40. The van der Waals surface area contributed by atoms with Crippen LogP contribution in [-0.4, -0.2) is 32.5 Å². The van der Waals surface area contributed by atoms with Crippen molar-refractivity contribution in [1.29, 1.82) is 0 Å². The highest BCUT2D eigenvalue weighted by Crippen LogP contribution is 2.21. The molecule has 7 nitrogen and oxygen atoms in total. The molecule has 0 aliphatic rings. The molecule has 0 aliphatic carbocycles. The summed E-state index contributed by atoms with van der Waals surface area (Å²) in [6.07, 6.45) is -2.46. The molecule has 0 amide bonds. The minimum Gasteiger partial charge on any atom is -0.450 e. The Morgan fingerprint density at radius 2 is 1.72 bits per heavy atom. The summed E-state index contributed by atoms with van der Waals surface area (Å²) in [6, 6.07) is 15.1. The monoisotopic (exact) mass is 450 g/mol. The zero-order chi connectivity index (χ0) is 17.6. The summed E-state index contributed by atoms with van der Waals surface area (Å²) in [5, 5.41) is 11.5. The molecule has 10 heteroatoms. The van der Waals surface area contributed by atoms with Crippen LogP contribution in [0.4, 0.5) is 10.5 Å². The molecule has 2 rings (SSSR count). The zero-order valence-corrected chi connectivity index (χ0v) is 16.0. The van der Waals surface area contributed by atoms with Crippen molar-refractivity contribution in [3.63, 3.8) is 0 Å². The minimum atomic E-state index is -3.89. The fourth-order valence-electron chi connectivity index (χ4n) is 1.91. The van der Waals surface area contributed by atoms with Crippen LogP contribution < -0.4 is 10.0 Å². The van der Waals surface area contributed by atoms with Gasteiger partial charge in [0.2, 0.25) is 10.0 Å². The van der Waals surface area contributed by atoms with Crippen LogP contribution in [0.1, 0.15) is 0 Å². The van der Waals surface area contributed by atoms with E-state index < -0.39 is 29.0 Å². The van der Waals surface area contributed by atoms with Crippen molar-refractivity contribution in [3.8, 4) is 0 Å². The van der Waals surface area contributed by atoms with E-state index in [0.717, 1.165) is 0 Å². The number of ether oxygens (including phenoxy) is 1. The van der Waals surface area contributed by atoms with Gasteiger partial charge in [0.25, 0.3) is 0 Å². The highest BCUT2D eigenvalue weighted by atomic mass is 79.9. The molecule has 0 fully saturated rings. The van der Waals surface area contributed by atoms with Crippen LogP contribution in [0.5, 0.6) is 0 Å². The van der Waals surface area contributed by atoms with Crippen LogP contribution in [0.3, 0.4) is 0 Å². The summed E-state index contributed by atoms with van der Waals surface area (Å²) in [5.74, 6) is 0. The van der Waals surface area contributed by atoms with Gasteiger partial charge in [-0.3, -0.25) is 0 Å². The van der Waals surface area contributed by atoms with Gasteiger partial charge in [-0.2, -0.15) is 4.72 Å². The topological polar surface area (TPSA) is 105 Å². The Labute approximate surface area is 160 Å². The largest absolute Gasteiger partial charge is 0.505 e. The maximum absolute atomic E-state index is 12.5. The Balaban J connectivity index is 0.00000312. The molecule has 0 heterocycles. The first kappa shape index (κ1) is 21.2. The molecular formula is C15H16BrClN2O5S. The van der Waals surface area contributed by atoms with Gasteiger partial charge in [0.1, 0.15) is 12.8 Å². The number of carbonyl (C=O) groups is 1. The number of hydrogen-bond donors (Lipinski definition) is 3. The molecule has 2 aromatic carbocycles. The van der Waals surface area contributed by atoms with E-state index in [1.165, 1.54) is 6.07 Å². The zero-order valence-electron chi connectivity index (χ0n) is 12.8. The van der Waals surface area contributed by atoms with Gasteiger partial charge in [0.15, 0.2) is 0 Å². The van der Waals surface area contributed by atoms with Crippen molar-refractivity contribution >= 4 is 50.2 Å². The summed E-state index contributed by atoms with van der Waals surface area (Å²) < 4.78 is 32.3. The highest BCUT2D eigenvalue weighted by molar-refractivity contribution is 9.10. The number of rotatable bonds is 7. The van der Waals surface area contributed by atoms with E-state index in [0.29, 0.717) is 10.2 Å². The van der Waals surface area contributed by atoms with Gasteiger partial charge in [-0.25, -0.2) is 13.2 Å². The summed E-state index contributed by atoms with van der Waals surface area (Å²) in [6.45, 7) is -0.395. The van der Waals surface area contributed by atoms with Crippen molar-refractivity contribution < 1.29 is 23.1 Å².